The Morgan fingerprint density at radius 3 is 2.59 bits per heavy atom. The van der Waals surface area contributed by atoms with Gasteiger partial charge in [-0.3, -0.25) is 0 Å². The first kappa shape index (κ1) is 12.4. The van der Waals surface area contributed by atoms with E-state index in [-0.39, 0.29) is 0 Å². The van der Waals surface area contributed by atoms with Gasteiger partial charge >= 0.3 is 0 Å². The van der Waals surface area contributed by atoms with E-state index < -0.39 is 0 Å². The summed E-state index contributed by atoms with van der Waals surface area (Å²) in [5.74, 6) is 0.596. The van der Waals surface area contributed by atoms with Crippen LogP contribution in [0.4, 0.5) is 5.69 Å². The fourth-order valence-electron chi connectivity index (χ4n) is 2.56. The van der Waals surface area contributed by atoms with Crippen LogP contribution in [0.25, 0.3) is 0 Å². The summed E-state index contributed by atoms with van der Waals surface area (Å²) in [4.78, 5) is 2.46. The summed E-state index contributed by atoms with van der Waals surface area (Å²) < 4.78 is 0. The lowest BCUT2D eigenvalue weighted by molar-refractivity contribution is 0.383. The van der Waals surface area contributed by atoms with E-state index in [0.29, 0.717) is 12.0 Å². The van der Waals surface area contributed by atoms with E-state index in [4.69, 9.17) is 5.73 Å². The minimum Gasteiger partial charge on any atom is -0.371 e. The van der Waals surface area contributed by atoms with Crippen molar-refractivity contribution in [3.63, 3.8) is 0 Å². The van der Waals surface area contributed by atoms with Crippen molar-refractivity contribution >= 4 is 5.69 Å². The van der Waals surface area contributed by atoms with Crippen molar-refractivity contribution in [1.82, 2.24) is 0 Å². The largest absolute Gasteiger partial charge is 0.371 e. The number of anilines is 1. The molecule has 1 aromatic carbocycles. The molecule has 2 rings (SSSR count). The molecule has 17 heavy (non-hydrogen) atoms. The summed E-state index contributed by atoms with van der Waals surface area (Å²) in [6.45, 7) is 6.66. The van der Waals surface area contributed by atoms with Crippen LogP contribution in [0.2, 0.25) is 0 Å². The Morgan fingerprint density at radius 1 is 1.29 bits per heavy atom. The summed E-state index contributed by atoms with van der Waals surface area (Å²) in [7, 11) is 0. The van der Waals surface area contributed by atoms with E-state index in [2.05, 4.69) is 43.0 Å². The molecule has 1 fully saturated rings. The van der Waals surface area contributed by atoms with Gasteiger partial charge in [-0.15, -0.1) is 0 Å². The first-order valence-corrected chi connectivity index (χ1v) is 6.80. The molecule has 2 unspecified atom stereocenters. The Kier molecular flexibility index (Phi) is 4.06. The summed E-state index contributed by atoms with van der Waals surface area (Å²) in [5, 5.41) is 0. The maximum atomic E-state index is 6.06. The van der Waals surface area contributed by atoms with Crippen LogP contribution >= 0.6 is 0 Å². The standard InChI is InChI=1S/C15H24N2/c1-3-4-13-5-7-14(8-6-13)17-10-9-15(16)12(2)11-17/h5-8,12,15H,3-4,9-11,16H2,1-2H3. The average Bonchev–Trinajstić information content (AvgIpc) is 2.34. The van der Waals surface area contributed by atoms with Crippen molar-refractivity contribution in [3.8, 4) is 0 Å². The molecule has 0 amide bonds. The van der Waals surface area contributed by atoms with E-state index in [9.17, 15) is 0 Å². The number of rotatable bonds is 3. The average molecular weight is 232 g/mol. The molecule has 94 valence electrons. The number of aryl methyl sites for hydroxylation is 1. The predicted molar refractivity (Wildman–Crippen MR) is 74.4 cm³/mol. The molecule has 2 heteroatoms. The van der Waals surface area contributed by atoms with Gasteiger partial charge in [0.1, 0.15) is 0 Å². The second-order valence-corrected chi connectivity index (χ2v) is 5.29. The summed E-state index contributed by atoms with van der Waals surface area (Å²) in [5.41, 5.74) is 8.85. The van der Waals surface area contributed by atoms with Crippen LogP contribution in [-0.2, 0) is 6.42 Å². The van der Waals surface area contributed by atoms with Crippen LogP contribution in [0, 0.1) is 5.92 Å². The van der Waals surface area contributed by atoms with Crippen LogP contribution in [0.1, 0.15) is 32.3 Å². The zero-order valence-corrected chi connectivity index (χ0v) is 11.0. The van der Waals surface area contributed by atoms with Crippen LogP contribution in [-0.4, -0.2) is 19.1 Å². The summed E-state index contributed by atoms with van der Waals surface area (Å²) in [6.07, 6.45) is 3.51. The smallest absolute Gasteiger partial charge is 0.0366 e. The number of hydrogen-bond acceptors (Lipinski definition) is 2. The lowest BCUT2D eigenvalue weighted by Crippen LogP contribution is -2.45. The van der Waals surface area contributed by atoms with Crippen molar-refractivity contribution in [2.75, 3.05) is 18.0 Å². The number of benzene rings is 1. The highest BCUT2D eigenvalue weighted by Gasteiger charge is 2.22. The van der Waals surface area contributed by atoms with Gasteiger partial charge in [0, 0.05) is 24.8 Å². The minimum absolute atomic E-state index is 0.380. The number of nitrogens with two attached hydrogens (primary N) is 1. The van der Waals surface area contributed by atoms with Gasteiger partial charge < -0.3 is 10.6 Å². The topological polar surface area (TPSA) is 29.3 Å². The Balaban J connectivity index is 2.02. The van der Waals surface area contributed by atoms with E-state index in [1.54, 1.807) is 0 Å². The number of piperidine rings is 1. The summed E-state index contributed by atoms with van der Waals surface area (Å²) >= 11 is 0. The predicted octanol–water partition coefficient (Wildman–Crippen LogP) is 2.81. The highest BCUT2D eigenvalue weighted by Crippen LogP contribution is 2.23. The molecule has 0 bridgehead atoms. The van der Waals surface area contributed by atoms with E-state index in [1.807, 2.05) is 0 Å². The molecule has 0 aromatic heterocycles. The molecule has 0 saturated carbocycles. The van der Waals surface area contributed by atoms with Gasteiger partial charge in [-0.05, 0) is 36.5 Å². The SMILES string of the molecule is CCCc1ccc(N2CCC(N)C(C)C2)cc1. The molecule has 1 heterocycles. The zero-order chi connectivity index (χ0) is 12.3. The second kappa shape index (κ2) is 5.54. The van der Waals surface area contributed by atoms with Crippen LogP contribution < -0.4 is 10.6 Å². The van der Waals surface area contributed by atoms with Crippen molar-refractivity contribution in [3.05, 3.63) is 29.8 Å². The minimum atomic E-state index is 0.380. The number of hydrogen-bond donors (Lipinski definition) is 1. The van der Waals surface area contributed by atoms with Crippen LogP contribution in [0.3, 0.4) is 0 Å². The lowest BCUT2D eigenvalue weighted by Gasteiger charge is -2.36. The third kappa shape index (κ3) is 3.01. The fourth-order valence-corrected chi connectivity index (χ4v) is 2.56. The molecule has 1 aliphatic heterocycles. The Labute approximate surface area is 105 Å². The van der Waals surface area contributed by atoms with Crippen molar-refractivity contribution in [2.45, 2.75) is 39.2 Å². The fraction of sp³-hybridized carbons (Fsp3) is 0.600. The van der Waals surface area contributed by atoms with Crippen molar-refractivity contribution < 1.29 is 0 Å². The molecule has 0 radical (unpaired) electrons. The quantitative estimate of drug-likeness (QED) is 0.868. The molecule has 2 N–H and O–H groups in total. The first-order chi connectivity index (χ1) is 8.20. The molecule has 2 nitrogen and oxygen atoms in total. The van der Waals surface area contributed by atoms with Crippen LogP contribution in [0.15, 0.2) is 24.3 Å². The monoisotopic (exact) mass is 232 g/mol. The first-order valence-electron chi connectivity index (χ1n) is 6.80. The van der Waals surface area contributed by atoms with Crippen LogP contribution in [0.5, 0.6) is 0 Å². The molecule has 0 aliphatic carbocycles. The van der Waals surface area contributed by atoms with E-state index in [0.717, 1.165) is 19.5 Å². The highest BCUT2D eigenvalue weighted by atomic mass is 15.1. The van der Waals surface area contributed by atoms with Gasteiger partial charge in [0.05, 0.1) is 0 Å². The van der Waals surface area contributed by atoms with E-state index >= 15 is 0 Å². The van der Waals surface area contributed by atoms with Gasteiger partial charge in [0.2, 0.25) is 0 Å². The molecule has 0 spiro atoms. The van der Waals surface area contributed by atoms with Gasteiger partial charge in [0.25, 0.3) is 0 Å². The Morgan fingerprint density at radius 2 is 2.00 bits per heavy atom. The normalized spacial score (nSPS) is 25.0. The molecular formula is C15H24N2. The second-order valence-electron chi connectivity index (χ2n) is 5.29. The molecule has 1 aliphatic rings. The third-order valence-electron chi connectivity index (χ3n) is 3.81. The van der Waals surface area contributed by atoms with E-state index in [1.165, 1.54) is 24.1 Å². The number of nitrogens with zero attached hydrogens (tertiary/aromatic N) is 1. The zero-order valence-electron chi connectivity index (χ0n) is 11.0. The van der Waals surface area contributed by atoms with Gasteiger partial charge in [-0.1, -0.05) is 32.4 Å². The Bertz CT molecular complexity index is 344. The maximum Gasteiger partial charge on any atom is 0.0366 e. The van der Waals surface area contributed by atoms with Crippen molar-refractivity contribution in [2.24, 2.45) is 11.7 Å². The molecule has 1 aromatic rings. The lowest BCUT2D eigenvalue weighted by atomic mass is 9.94. The summed E-state index contributed by atoms with van der Waals surface area (Å²) in [6, 6.07) is 9.42. The Hall–Kier alpha value is -1.02. The van der Waals surface area contributed by atoms with Gasteiger partial charge in [-0.25, -0.2) is 0 Å². The molecular weight excluding hydrogens is 208 g/mol. The highest BCUT2D eigenvalue weighted by molar-refractivity contribution is 5.48. The molecule has 1 saturated heterocycles. The van der Waals surface area contributed by atoms with Gasteiger partial charge in [-0.2, -0.15) is 0 Å². The maximum absolute atomic E-state index is 6.06. The van der Waals surface area contributed by atoms with Crippen molar-refractivity contribution in [1.29, 1.82) is 0 Å². The van der Waals surface area contributed by atoms with Gasteiger partial charge in [0.15, 0.2) is 0 Å². The molecule has 2 atom stereocenters. The third-order valence-corrected chi connectivity index (χ3v) is 3.81.